The third-order valence-corrected chi connectivity index (χ3v) is 0. The molecule has 0 N–H and O–H groups in total. The van der Waals surface area contributed by atoms with Gasteiger partial charge in [-0.2, -0.15) is 0 Å². The van der Waals surface area contributed by atoms with Crippen molar-refractivity contribution in [3.8, 4) is 0 Å². The van der Waals surface area contributed by atoms with Crippen molar-refractivity contribution in [3.63, 3.8) is 0 Å². The molecule has 0 saturated carbocycles. The van der Waals surface area contributed by atoms with Crippen molar-refractivity contribution in [2.24, 2.45) is 0 Å². The van der Waals surface area contributed by atoms with Crippen molar-refractivity contribution in [3.05, 3.63) is 0 Å². The molecule has 0 fully saturated rings. The van der Waals surface area contributed by atoms with E-state index in [1.165, 1.54) is 0 Å². The second-order valence-electron chi connectivity index (χ2n) is 0.0833. The zero-order valence-corrected chi connectivity index (χ0v) is 4.58. The van der Waals surface area contributed by atoms with Gasteiger partial charge in [-0.1, -0.05) is 0 Å². The Balaban J connectivity index is 0. The van der Waals surface area contributed by atoms with Crippen molar-refractivity contribution < 1.29 is 11.6 Å². The van der Waals surface area contributed by atoms with Crippen LogP contribution in [0.1, 0.15) is 0 Å². The molecule has 0 aromatic rings. The Bertz CT molecular complexity index is 24.3. The zero-order valence-electron chi connectivity index (χ0n) is 1.72. The fraction of sp³-hybridized carbons (Fsp3) is 0. The van der Waals surface area contributed by atoms with Gasteiger partial charge in [0.05, 0.1) is 0 Å². The van der Waals surface area contributed by atoms with Gasteiger partial charge in [-0.05, 0) is 0 Å². The summed E-state index contributed by atoms with van der Waals surface area (Å²) in [5.74, 6) is 0. The fourth-order valence-electron chi connectivity index (χ4n) is 0. The van der Waals surface area contributed by atoms with Crippen LogP contribution in [0.3, 0.4) is 0 Å². The topological polar surface area (TPSA) is 62.6 Å². The first-order valence-electron chi connectivity index (χ1n) is 0.408. The van der Waals surface area contributed by atoms with E-state index in [2.05, 4.69) is 0 Å². The molecule has 0 aromatic heterocycles. The van der Waals surface area contributed by atoms with Gasteiger partial charge in [0.1, 0.15) is 0 Å². The molecule has 4 heavy (non-hydrogen) atoms. The van der Waals surface area contributed by atoms with Crippen LogP contribution < -0.4 is 0 Å². The molecule has 0 aliphatic carbocycles. The monoisotopic (exact) mass is 168 g/mol. The third kappa shape index (κ3) is 33.8. The SMILES string of the molecule is [O].[O]=[Sn]=[O]. The summed E-state index contributed by atoms with van der Waals surface area (Å²) in [6, 6.07) is 0. The summed E-state index contributed by atoms with van der Waals surface area (Å²) < 4.78 is 17.1. The van der Waals surface area contributed by atoms with Gasteiger partial charge in [0.25, 0.3) is 0 Å². The van der Waals surface area contributed by atoms with E-state index in [1.807, 2.05) is 0 Å². The van der Waals surface area contributed by atoms with Crippen molar-refractivity contribution in [1.29, 1.82) is 0 Å². The van der Waals surface area contributed by atoms with Crippen LogP contribution in [-0.4, -0.2) is 21.1 Å². The van der Waals surface area contributed by atoms with E-state index >= 15 is 0 Å². The maximum atomic E-state index is 8.54. The molecule has 3 nitrogen and oxygen atoms in total. The molecule has 0 saturated heterocycles. The Kier molecular flexibility index (Phi) is 22.4. The Morgan fingerprint density at radius 3 is 1.25 bits per heavy atom. The molecule has 0 unspecified atom stereocenters. The summed E-state index contributed by atoms with van der Waals surface area (Å²) in [4.78, 5) is 0. The molecule has 0 heterocycles. The Hall–Kier alpha value is 0.359. The molecule has 0 rings (SSSR count). The Morgan fingerprint density at radius 1 is 1.25 bits per heavy atom. The average Bonchev–Trinajstić information content (AvgIpc) is 0.918. The van der Waals surface area contributed by atoms with Crippen molar-refractivity contribution in [2.45, 2.75) is 0 Å². The van der Waals surface area contributed by atoms with Gasteiger partial charge in [0.2, 0.25) is 0 Å². The molecule has 0 aromatic carbocycles. The minimum atomic E-state index is -2.27. The average molecular weight is 167 g/mol. The van der Waals surface area contributed by atoms with E-state index < -0.39 is 21.1 Å². The molecule has 0 atom stereocenters. The first-order chi connectivity index (χ1) is 1.41. The van der Waals surface area contributed by atoms with Crippen LogP contribution in [0.2, 0.25) is 0 Å². The van der Waals surface area contributed by atoms with Crippen LogP contribution in [0.25, 0.3) is 0 Å². The molecular formula is O3Sn. The minimum absolute atomic E-state index is 0. The third-order valence-electron chi connectivity index (χ3n) is 0. The summed E-state index contributed by atoms with van der Waals surface area (Å²) >= 11 is -2.27. The maximum absolute atomic E-state index is 8.54. The van der Waals surface area contributed by atoms with Crippen LogP contribution in [0.15, 0.2) is 0 Å². The normalized spacial score (nSPS) is 2.00. The zero-order chi connectivity index (χ0) is 2.71. The van der Waals surface area contributed by atoms with Gasteiger partial charge < -0.3 is 0 Å². The molecule has 22 valence electrons. The second-order valence-corrected chi connectivity index (χ2v) is 0.559. The van der Waals surface area contributed by atoms with E-state index in [1.54, 1.807) is 0 Å². The molecule has 2 radical (unpaired) electrons. The molecular weight excluding hydrogens is 167 g/mol. The van der Waals surface area contributed by atoms with Crippen molar-refractivity contribution >= 4 is 21.1 Å². The fourth-order valence-corrected chi connectivity index (χ4v) is 0. The van der Waals surface area contributed by atoms with Gasteiger partial charge in [-0.15, -0.1) is 0 Å². The quantitative estimate of drug-likeness (QED) is 0.446. The predicted octanol–water partition coefficient (Wildman–Crippen LogP) is -0.737. The Morgan fingerprint density at radius 2 is 1.25 bits per heavy atom. The van der Waals surface area contributed by atoms with Crippen LogP contribution in [0.5, 0.6) is 0 Å². The summed E-state index contributed by atoms with van der Waals surface area (Å²) in [5.41, 5.74) is 0. The summed E-state index contributed by atoms with van der Waals surface area (Å²) in [5, 5.41) is 0. The second kappa shape index (κ2) is 10.1. The summed E-state index contributed by atoms with van der Waals surface area (Å²) in [6.45, 7) is 0. The number of rotatable bonds is 0. The van der Waals surface area contributed by atoms with E-state index in [0.29, 0.717) is 0 Å². The van der Waals surface area contributed by atoms with E-state index in [9.17, 15) is 0 Å². The van der Waals surface area contributed by atoms with E-state index in [4.69, 9.17) is 6.15 Å². The molecule has 0 amide bonds. The predicted molar refractivity (Wildman–Crippen MR) is 7.81 cm³/mol. The van der Waals surface area contributed by atoms with Gasteiger partial charge >= 0.3 is 27.3 Å². The number of hydrogen-bond donors (Lipinski definition) is 0. The van der Waals surface area contributed by atoms with Gasteiger partial charge in [0.15, 0.2) is 0 Å². The standard InChI is InChI=1S/3O.Sn. The summed E-state index contributed by atoms with van der Waals surface area (Å²) in [7, 11) is 0. The first-order valence-corrected chi connectivity index (χ1v) is 2.74. The first kappa shape index (κ1) is 8.84. The van der Waals surface area contributed by atoms with Crippen molar-refractivity contribution in [2.75, 3.05) is 0 Å². The summed E-state index contributed by atoms with van der Waals surface area (Å²) in [6.07, 6.45) is 0. The Labute approximate surface area is 33.3 Å². The van der Waals surface area contributed by atoms with Crippen LogP contribution in [0, 0.1) is 0 Å². The van der Waals surface area contributed by atoms with Crippen LogP contribution in [-0.2, 0) is 11.6 Å². The van der Waals surface area contributed by atoms with Gasteiger partial charge in [-0.25, -0.2) is 0 Å². The van der Waals surface area contributed by atoms with E-state index in [0.717, 1.165) is 0 Å². The molecule has 0 spiro atoms. The molecule has 0 aliphatic heterocycles. The van der Waals surface area contributed by atoms with E-state index in [-0.39, 0.29) is 5.48 Å². The molecule has 0 aliphatic rings. The molecule has 0 bridgehead atoms. The van der Waals surface area contributed by atoms with Gasteiger partial charge in [0, 0.05) is 5.48 Å². The van der Waals surface area contributed by atoms with Crippen molar-refractivity contribution in [1.82, 2.24) is 0 Å². The van der Waals surface area contributed by atoms with Gasteiger partial charge in [-0.3, -0.25) is 0 Å². The number of hydrogen-bond acceptors (Lipinski definition) is 2. The van der Waals surface area contributed by atoms with Crippen LogP contribution >= 0.6 is 0 Å². The van der Waals surface area contributed by atoms with Crippen LogP contribution in [0.4, 0.5) is 0 Å². The molecule has 4 heteroatoms.